The molecule has 0 unspecified atom stereocenters. The smallest absolute Gasteiger partial charge is 0.163 e. The Hall–Kier alpha value is -3.17. The van der Waals surface area contributed by atoms with Crippen LogP contribution in [0, 0.1) is 30.1 Å². The molecule has 130 valence electrons. The van der Waals surface area contributed by atoms with Crippen LogP contribution in [0.3, 0.4) is 0 Å². The standard InChI is InChI=1S/C19H15ClN4O2/c1-12-19(26-11-14-3-6-16(23-25)7-4-14)13(2)24(22-12)17-8-5-15(10-21)18(20)9-17/h3-9H,11H2,1-2H3. The predicted octanol–water partition coefficient (Wildman–Crippen LogP) is 4.99. The lowest BCUT2D eigenvalue weighted by atomic mass is 10.2. The summed E-state index contributed by atoms with van der Waals surface area (Å²) >= 11 is 6.12. The molecule has 1 aromatic heterocycles. The van der Waals surface area contributed by atoms with Gasteiger partial charge in [-0.2, -0.15) is 10.4 Å². The summed E-state index contributed by atoms with van der Waals surface area (Å²) in [5.41, 5.74) is 4.05. The summed E-state index contributed by atoms with van der Waals surface area (Å²) < 4.78 is 7.66. The third kappa shape index (κ3) is 3.44. The fourth-order valence-corrected chi connectivity index (χ4v) is 2.84. The molecule has 7 heteroatoms. The zero-order valence-electron chi connectivity index (χ0n) is 14.2. The average molecular weight is 367 g/mol. The van der Waals surface area contributed by atoms with Gasteiger partial charge >= 0.3 is 0 Å². The van der Waals surface area contributed by atoms with E-state index < -0.39 is 0 Å². The highest BCUT2D eigenvalue weighted by atomic mass is 35.5. The Balaban J connectivity index is 1.84. The van der Waals surface area contributed by atoms with Crippen molar-refractivity contribution in [1.82, 2.24) is 9.78 Å². The molecule has 0 atom stereocenters. The van der Waals surface area contributed by atoms with E-state index in [1.165, 1.54) is 0 Å². The molecule has 26 heavy (non-hydrogen) atoms. The molecule has 0 saturated carbocycles. The molecule has 0 radical (unpaired) electrons. The third-order valence-electron chi connectivity index (χ3n) is 3.97. The van der Waals surface area contributed by atoms with Crippen molar-refractivity contribution in [1.29, 1.82) is 5.26 Å². The Morgan fingerprint density at radius 3 is 2.58 bits per heavy atom. The highest BCUT2D eigenvalue weighted by Gasteiger charge is 2.15. The van der Waals surface area contributed by atoms with Gasteiger partial charge in [0.25, 0.3) is 0 Å². The number of nitroso groups, excluding NO2 is 1. The monoisotopic (exact) mass is 366 g/mol. The largest absolute Gasteiger partial charge is 0.485 e. The van der Waals surface area contributed by atoms with Crippen molar-refractivity contribution >= 4 is 17.3 Å². The van der Waals surface area contributed by atoms with Gasteiger partial charge in [-0.25, -0.2) is 4.68 Å². The van der Waals surface area contributed by atoms with E-state index in [1.54, 1.807) is 47.1 Å². The molecule has 0 fully saturated rings. The lowest BCUT2D eigenvalue weighted by molar-refractivity contribution is 0.302. The number of hydrogen-bond acceptors (Lipinski definition) is 5. The number of hydrogen-bond donors (Lipinski definition) is 0. The fraction of sp³-hybridized carbons (Fsp3) is 0.158. The molecular formula is C19H15ClN4O2. The van der Waals surface area contributed by atoms with Gasteiger partial charge in [-0.05, 0) is 54.9 Å². The van der Waals surface area contributed by atoms with E-state index in [4.69, 9.17) is 21.6 Å². The van der Waals surface area contributed by atoms with Crippen LogP contribution in [0.4, 0.5) is 5.69 Å². The van der Waals surface area contributed by atoms with Crippen LogP contribution < -0.4 is 4.74 Å². The van der Waals surface area contributed by atoms with Gasteiger partial charge in [-0.3, -0.25) is 0 Å². The van der Waals surface area contributed by atoms with Crippen LogP contribution >= 0.6 is 11.6 Å². The van der Waals surface area contributed by atoms with Crippen molar-refractivity contribution in [2.75, 3.05) is 0 Å². The Kier molecular flexibility index (Phi) is 5.01. The predicted molar refractivity (Wildman–Crippen MR) is 99.0 cm³/mol. The molecule has 0 N–H and O–H groups in total. The summed E-state index contributed by atoms with van der Waals surface area (Å²) in [7, 11) is 0. The van der Waals surface area contributed by atoms with Gasteiger partial charge in [0.15, 0.2) is 5.75 Å². The highest BCUT2D eigenvalue weighted by molar-refractivity contribution is 6.31. The van der Waals surface area contributed by atoms with Gasteiger partial charge in [-0.1, -0.05) is 23.7 Å². The molecule has 0 spiro atoms. The van der Waals surface area contributed by atoms with Gasteiger partial charge in [0.2, 0.25) is 0 Å². The number of benzene rings is 2. The quantitative estimate of drug-likeness (QED) is 0.595. The van der Waals surface area contributed by atoms with Crippen LogP contribution in [-0.2, 0) is 6.61 Å². The summed E-state index contributed by atoms with van der Waals surface area (Å²) in [6.45, 7) is 4.12. The molecule has 6 nitrogen and oxygen atoms in total. The number of nitriles is 1. The van der Waals surface area contributed by atoms with Crippen LogP contribution in [-0.4, -0.2) is 9.78 Å². The van der Waals surface area contributed by atoms with Crippen LogP contribution in [0.1, 0.15) is 22.5 Å². The first-order valence-corrected chi connectivity index (χ1v) is 8.22. The zero-order chi connectivity index (χ0) is 18.7. The molecule has 3 rings (SSSR count). The molecule has 0 bridgehead atoms. The van der Waals surface area contributed by atoms with E-state index in [2.05, 4.69) is 10.3 Å². The topological polar surface area (TPSA) is 80.3 Å². The zero-order valence-corrected chi connectivity index (χ0v) is 15.0. The minimum absolute atomic E-state index is 0.348. The van der Waals surface area contributed by atoms with Gasteiger partial charge in [0.05, 0.1) is 22.0 Å². The first-order chi connectivity index (χ1) is 12.5. The molecule has 1 heterocycles. The first-order valence-electron chi connectivity index (χ1n) is 7.85. The summed E-state index contributed by atoms with van der Waals surface area (Å²) in [6, 6.07) is 14.1. The van der Waals surface area contributed by atoms with Crippen molar-refractivity contribution < 1.29 is 4.74 Å². The molecule has 0 aliphatic heterocycles. The van der Waals surface area contributed by atoms with E-state index in [0.717, 1.165) is 22.6 Å². The van der Waals surface area contributed by atoms with Crippen molar-refractivity contribution in [3.05, 3.63) is 74.9 Å². The maximum Gasteiger partial charge on any atom is 0.163 e. The van der Waals surface area contributed by atoms with Gasteiger partial charge in [0.1, 0.15) is 24.1 Å². The lowest BCUT2D eigenvalue weighted by Gasteiger charge is -2.08. The number of ether oxygens (including phenoxy) is 1. The second kappa shape index (κ2) is 7.38. The summed E-state index contributed by atoms with van der Waals surface area (Å²) in [6.07, 6.45) is 0. The SMILES string of the molecule is Cc1nn(-c2ccc(C#N)c(Cl)c2)c(C)c1OCc1ccc(N=O)cc1. The summed E-state index contributed by atoms with van der Waals surface area (Å²) in [4.78, 5) is 10.5. The van der Waals surface area contributed by atoms with Crippen LogP contribution in [0.2, 0.25) is 5.02 Å². The molecule has 0 amide bonds. The van der Waals surface area contributed by atoms with E-state index in [0.29, 0.717) is 28.6 Å². The number of aryl methyl sites for hydroxylation is 1. The fourth-order valence-electron chi connectivity index (χ4n) is 2.62. The number of nitrogens with zero attached hydrogens (tertiary/aromatic N) is 4. The summed E-state index contributed by atoms with van der Waals surface area (Å²) in [5.74, 6) is 0.683. The van der Waals surface area contributed by atoms with Crippen LogP contribution in [0.5, 0.6) is 5.75 Å². The molecular weight excluding hydrogens is 352 g/mol. The minimum Gasteiger partial charge on any atom is -0.485 e. The van der Waals surface area contributed by atoms with Crippen LogP contribution in [0.15, 0.2) is 47.6 Å². The first kappa shape index (κ1) is 17.6. The van der Waals surface area contributed by atoms with Gasteiger partial charge in [-0.15, -0.1) is 4.91 Å². The Morgan fingerprint density at radius 1 is 1.23 bits per heavy atom. The normalized spacial score (nSPS) is 10.4. The second-order valence-corrected chi connectivity index (χ2v) is 6.14. The average Bonchev–Trinajstić information content (AvgIpc) is 2.94. The van der Waals surface area contributed by atoms with E-state index in [-0.39, 0.29) is 0 Å². The molecule has 0 aliphatic rings. The highest BCUT2D eigenvalue weighted by Crippen LogP contribution is 2.28. The number of rotatable bonds is 5. The Labute approximate surface area is 155 Å². The van der Waals surface area contributed by atoms with Crippen molar-refractivity contribution in [3.8, 4) is 17.5 Å². The third-order valence-corrected chi connectivity index (χ3v) is 4.28. The van der Waals surface area contributed by atoms with E-state index >= 15 is 0 Å². The van der Waals surface area contributed by atoms with Crippen molar-refractivity contribution in [2.45, 2.75) is 20.5 Å². The minimum atomic E-state index is 0.348. The van der Waals surface area contributed by atoms with Crippen molar-refractivity contribution in [3.63, 3.8) is 0 Å². The number of aromatic nitrogens is 2. The Morgan fingerprint density at radius 2 is 1.96 bits per heavy atom. The maximum atomic E-state index is 10.5. The van der Waals surface area contributed by atoms with Crippen LogP contribution in [0.25, 0.3) is 5.69 Å². The molecule has 2 aromatic carbocycles. The Bertz CT molecular complexity index is 1000. The van der Waals surface area contributed by atoms with E-state index in [9.17, 15) is 4.91 Å². The second-order valence-electron chi connectivity index (χ2n) is 5.73. The van der Waals surface area contributed by atoms with Crippen molar-refractivity contribution in [2.24, 2.45) is 5.18 Å². The molecule has 0 saturated heterocycles. The molecule has 3 aromatic rings. The van der Waals surface area contributed by atoms with Gasteiger partial charge < -0.3 is 4.74 Å². The molecule has 0 aliphatic carbocycles. The summed E-state index contributed by atoms with van der Waals surface area (Å²) in [5, 5.41) is 16.8. The number of halogens is 1. The lowest BCUT2D eigenvalue weighted by Crippen LogP contribution is -2.00. The maximum absolute atomic E-state index is 10.5. The van der Waals surface area contributed by atoms with Gasteiger partial charge in [0, 0.05) is 0 Å². The van der Waals surface area contributed by atoms with E-state index in [1.807, 2.05) is 19.9 Å².